The van der Waals surface area contributed by atoms with Crippen molar-refractivity contribution in [3.8, 4) is 0 Å². The van der Waals surface area contributed by atoms with Gasteiger partial charge in [0.25, 0.3) is 0 Å². The highest BCUT2D eigenvalue weighted by Crippen LogP contribution is 2.31. The van der Waals surface area contributed by atoms with E-state index in [0.717, 1.165) is 13.2 Å². The molecule has 4 atom stereocenters. The summed E-state index contributed by atoms with van der Waals surface area (Å²) in [5.74, 6) is 1.28. The lowest BCUT2D eigenvalue weighted by Gasteiger charge is -2.37. The predicted octanol–water partition coefficient (Wildman–Crippen LogP) is 3.40. The summed E-state index contributed by atoms with van der Waals surface area (Å²) >= 11 is 0. The van der Waals surface area contributed by atoms with Gasteiger partial charge in [0.2, 0.25) is 0 Å². The van der Waals surface area contributed by atoms with Crippen molar-refractivity contribution in [2.75, 3.05) is 13.2 Å². The second kappa shape index (κ2) is 6.02. The molecule has 94 valence electrons. The fourth-order valence-electron chi connectivity index (χ4n) is 3.04. The largest absolute Gasteiger partial charge is 0.378 e. The summed E-state index contributed by atoms with van der Waals surface area (Å²) in [5, 5.41) is 0. The molecular formula is C14H26O2. The van der Waals surface area contributed by atoms with Crippen LogP contribution in [-0.4, -0.2) is 25.4 Å². The third kappa shape index (κ3) is 2.98. The lowest BCUT2D eigenvalue weighted by molar-refractivity contribution is -0.0778. The molecule has 2 aliphatic heterocycles. The Balaban J connectivity index is 1.84. The van der Waals surface area contributed by atoms with Gasteiger partial charge in [-0.3, -0.25) is 0 Å². The predicted molar refractivity (Wildman–Crippen MR) is 65.5 cm³/mol. The van der Waals surface area contributed by atoms with Crippen molar-refractivity contribution >= 4 is 0 Å². The first-order valence-electron chi connectivity index (χ1n) is 7.02. The third-order valence-corrected chi connectivity index (χ3v) is 4.43. The van der Waals surface area contributed by atoms with Crippen molar-refractivity contribution in [1.29, 1.82) is 0 Å². The molecule has 0 N–H and O–H groups in total. The smallest absolute Gasteiger partial charge is 0.0604 e. The van der Waals surface area contributed by atoms with Gasteiger partial charge in [-0.05, 0) is 50.4 Å². The molecule has 0 aliphatic carbocycles. The Hall–Kier alpha value is -0.0800. The van der Waals surface area contributed by atoms with E-state index in [1.54, 1.807) is 0 Å². The second-order valence-electron chi connectivity index (χ2n) is 5.53. The molecule has 0 aromatic rings. The first kappa shape index (κ1) is 12.4. The van der Waals surface area contributed by atoms with Crippen LogP contribution < -0.4 is 0 Å². The van der Waals surface area contributed by atoms with E-state index >= 15 is 0 Å². The number of hydrogen-bond acceptors (Lipinski definition) is 2. The fraction of sp³-hybridized carbons (Fsp3) is 1.00. The molecule has 2 saturated heterocycles. The van der Waals surface area contributed by atoms with Crippen LogP contribution >= 0.6 is 0 Å². The summed E-state index contributed by atoms with van der Waals surface area (Å²) < 4.78 is 11.8. The molecule has 0 saturated carbocycles. The van der Waals surface area contributed by atoms with Gasteiger partial charge in [-0.25, -0.2) is 0 Å². The van der Waals surface area contributed by atoms with Crippen LogP contribution in [0, 0.1) is 11.8 Å². The van der Waals surface area contributed by atoms with Crippen LogP contribution in [0.2, 0.25) is 0 Å². The Kier molecular flexibility index (Phi) is 4.66. The van der Waals surface area contributed by atoms with Gasteiger partial charge >= 0.3 is 0 Å². The maximum absolute atomic E-state index is 5.90. The summed E-state index contributed by atoms with van der Waals surface area (Å²) in [6.07, 6.45) is 8.63. The van der Waals surface area contributed by atoms with Crippen LogP contribution in [0.15, 0.2) is 0 Å². The van der Waals surface area contributed by atoms with E-state index in [1.165, 1.54) is 38.5 Å². The van der Waals surface area contributed by atoms with Gasteiger partial charge in [0.1, 0.15) is 0 Å². The summed E-state index contributed by atoms with van der Waals surface area (Å²) in [4.78, 5) is 0. The van der Waals surface area contributed by atoms with Crippen molar-refractivity contribution in [2.24, 2.45) is 11.8 Å². The van der Waals surface area contributed by atoms with E-state index in [2.05, 4.69) is 13.8 Å². The van der Waals surface area contributed by atoms with Crippen LogP contribution in [-0.2, 0) is 9.47 Å². The molecule has 2 rings (SSSR count). The molecule has 0 radical (unpaired) electrons. The monoisotopic (exact) mass is 226 g/mol. The highest BCUT2D eigenvalue weighted by molar-refractivity contribution is 4.80. The Labute approximate surface area is 99.7 Å². The zero-order chi connectivity index (χ0) is 11.4. The van der Waals surface area contributed by atoms with Gasteiger partial charge in [0, 0.05) is 13.2 Å². The Bertz CT molecular complexity index is 171. The van der Waals surface area contributed by atoms with E-state index in [0.29, 0.717) is 24.0 Å². The van der Waals surface area contributed by atoms with Gasteiger partial charge in [-0.15, -0.1) is 0 Å². The van der Waals surface area contributed by atoms with Gasteiger partial charge in [0.15, 0.2) is 0 Å². The number of hydrogen-bond donors (Lipinski definition) is 0. The maximum Gasteiger partial charge on any atom is 0.0604 e. The molecule has 0 aromatic heterocycles. The fourth-order valence-corrected chi connectivity index (χ4v) is 3.04. The zero-order valence-electron chi connectivity index (χ0n) is 10.8. The van der Waals surface area contributed by atoms with Crippen LogP contribution in [0.5, 0.6) is 0 Å². The van der Waals surface area contributed by atoms with Gasteiger partial charge in [0.05, 0.1) is 12.2 Å². The number of ether oxygens (including phenoxy) is 2. The third-order valence-electron chi connectivity index (χ3n) is 4.43. The van der Waals surface area contributed by atoms with Crippen LogP contribution in [0.25, 0.3) is 0 Å². The van der Waals surface area contributed by atoms with E-state index in [4.69, 9.17) is 9.47 Å². The zero-order valence-corrected chi connectivity index (χ0v) is 10.8. The molecule has 0 spiro atoms. The van der Waals surface area contributed by atoms with Crippen molar-refractivity contribution in [2.45, 2.75) is 64.6 Å². The quantitative estimate of drug-likeness (QED) is 0.734. The minimum Gasteiger partial charge on any atom is -0.378 e. The molecule has 2 aliphatic rings. The average Bonchev–Trinajstić information content (AvgIpc) is 2.39. The van der Waals surface area contributed by atoms with E-state index in [1.807, 2.05) is 0 Å². The van der Waals surface area contributed by atoms with Gasteiger partial charge in [-0.1, -0.05) is 13.8 Å². The molecular weight excluding hydrogens is 200 g/mol. The molecule has 2 heteroatoms. The summed E-state index contributed by atoms with van der Waals surface area (Å²) in [6.45, 7) is 6.62. The van der Waals surface area contributed by atoms with Crippen molar-refractivity contribution in [3.05, 3.63) is 0 Å². The second-order valence-corrected chi connectivity index (χ2v) is 5.53. The minimum atomic E-state index is 0.481. The van der Waals surface area contributed by atoms with E-state index < -0.39 is 0 Å². The molecule has 0 bridgehead atoms. The van der Waals surface area contributed by atoms with Crippen molar-refractivity contribution < 1.29 is 9.47 Å². The Morgan fingerprint density at radius 2 is 1.19 bits per heavy atom. The highest BCUT2D eigenvalue weighted by Gasteiger charge is 2.31. The molecule has 0 amide bonds. The van der Waals surface area contributed by atoms with Crippen molar-refractivity contribution in [1.82, 2.24) is 0 Å². The summed E-state index contributed by atoms with van der Waals surface area (Å²) in [6, 6.07) is 0. The van der Waals surface area contributed by atoms with Crippen LogP contribution in [0.1, 0.15) is 52.4 Å². The first-order valence-corrected chi connectivity index (χ1v) is 7.02. The molecule has 0 aromatic carbocycles. The highest BCUT2D eigenvalue weighted by atomic mass is 16.5. The number of rotatable bonds is 3. The molecule has 2 nitrogen and oxygen atoms in total. The van der Waals surface area contributed by atoms with E-state index in [9.17, 15) is 0 Å². The SMILES string of the molecule is CC(C1CCCCO1)[C@@H](C)C1CCCCO1. The molecule has 3 unspecified atom stereocenters. The lowest BCUT2D eigenvalue weighted by Crippen LogP contribution is -2.37. The van der Waals surface area contributed by atoms with Crippen molar-refractivity contribution in [3.63, 3.8) is 0 Å². The normalized spacial score (nSPS) is 35.6. The Morgan fingerprint density at radius 1 is 0.750 bits per heavy atom. The van der Waals surface area contributed by atoms with Crippen LogP contribution in [0.3, 0.4) is 0 Å². The summed E-state index contributed by atoms with van der Waals surface area (Å²) in [5.41, 5.74) is 0. The standard InChI is InChI=1S/C14H26O2/c1-11(13-7-3-5-9-15-13)12(2)14-8-4-6-10-16-14/h11-14H,3-10H2,1-2H3/t11-,12?,13?,14?/m1/s1. The first-order chi connectivity index (χ1) is 7.79. The average molecular weight is 226 g/mol. The topological polar surface area (TPSA) is 18.5 Å². The lowest BCUT2D eigenvalue weighted by atomic mass is 9.81. The van der Waals surface area contributed by atoms with E-state index in [-0.39, 0.29) is 0 Å². The molecule has 2 fully saturated rings. The maximum atomic E-state index is 5.90. The van der Waals surface area contributed by atoms with Crippen LogP contribution in [0.4, 0.5) is 0 Å². The molecule has 16 heavy (non-hydrogen) atoms. The molecule has 2 heterocycles. The Morgan fingerprint density at radius 3 is 1.50 bits per heavy atom. The van der Waals surface area contributed by atoms with Gasteiger partial charge in [-0.2, -0.15) is 0 Å². The van der Waals surface area contributed by atoms with Gasteiger partial charge < -0.3 is 9.47 Å². The minimum absolute atomic E-state index is 0.481. The summed E-state index contributed by atoms with van der Waals surface area (Å²) in [7, 11) is 0.